The van der Waals surface area contributed by atoms with Crippen molar-refractivity contribution in [2.75, 3.05) is 12.4 Å². The van der Waals surface area contributed by atoms with Gasteiger partial charge in [-0.25, -0.2) is 13.1 Å². The Hall–Kier alpha value is -1.14. The Balaban J connectivity index is 2.98. The first-order chi connectivity index (χ1) is 8.55. The zero-order valence-electron chi connectivity index (χ0n) is 11.1. The second kappa shape index (κ2) is 6.70. The summed E-state index contributed by atoms with van der Waals surface area (Å²) in [6, 6.07) is 1.62. The van der Waals surface area contributed by atoms with Crippen LogP contribution in [0, 0.1) is 0 Å². The number of anilines is 1. The minimum atomic E-state index is -3.51. The number of hydrogen-bond acceptors (Lipinski definition) is 4. The number of rotatable bonds is 7. The highest BCUT2D eigenvalue weighted by molar-refractivity contribution is 7.89. The van der Waals surface area contributed by atoms with Crippen LogP contribution in [0.15, 0.2) is 23.4 Å². The van der Waals surface area contributed by atoms with E-state index in [4.69, 9.17) is 0 Å². The van der Waals surface area contributed by atoms with E-state index in [1.807, 2.05) is 13.8 Å². The van der Waals surface area contributed by atoms with Crippen molar-refractivity contribution >= 4 is 15.7 Å². The summed E-state index contributed by atoms with van der Waals surface area (Å²) in [6.07, 6.45) is 5.50. The molecule has 0 saturated heterocycles. The van der Waals surface area contributed by atoms with Gasteiger partial charge in [0.15, 0.2) is 0 Å². The fraction of sp³-hybridized carbons (Fsp3) is 0.583. The van der Waals surface area contributed by atoms with Crippen molar-refractivity contribution in [2.24, 2.45) is 0 Å². The second-order valence-corrected chi connectivity index (χ2v) is 5.82. The molecule has 1 aromatic heterocycles. The fourth-order valence-corrected chi connectivity index (χ4v) is 3.29. The standard InChI is InChI=1S/C12H21N3O2S/c1-4-6-10(5-2)15-18(16,17)12-9-14-8-7-11(12)13-3/h7-10,15H,4-6H2,1-3H3,(H,13,14). The maximum absolute atomic E-state index is 12.3. The van der Waals surface area contributed by atoms with Crippen molar-refractivity contribution in [1.82, 2.24) is 9.71 Å². The molecule has 0 aliphatic rings. The highest BCUT2D eigenvalue weighted by Crippen LogP contribution is 2.19. The van der Waals surface area contributed by atoms with Crippen LogP contribution in [0.2, 0.25) is 0 Å². The lowest BCUT2D eigenvalue weighted by Gasteiger charge is -2.17. The zero-order chi connectivity index (χ0) is 13.6. The molecule has 5 nitrogen and oxygen atoms in total. The van der Waals surface area contributed by atoms with Gasteiger partial charge in [0.25, 0.3) is 0 Å². The molecule has 102 valence electrons. The van der Waals surface area contributed by atoms with Crippen molar-refractivity contribution in [2.45, 2.75) is 44.0 Å². The number of nitrogens with one attached hydrogen (secondary N) is 2. The summed E-state index contributed by atoms with van der Waals surface area (Å²) >= 11 is 0. The van der Waals surface area contributed by atoms with Crippen LogP contribution in [-0.2, 0) is 10.0 Å². The van der Waals surface area contributed by atoms with Crippen LogP contribution in [0.4, 0.5) is 5.69 Å². The summed E-state index contributed by atoms with van der Waals surface area (Å²) in [6.45, 7) is 4.02. The third-order valence-corrected chi connectivity index (χ3v) is 4.34. The van der Waals surface area contributed by atoms with Crippen molar-refractivity contribution in [1.29, 1.82) is 0 Å². The first-order valence-electron chi connectivity index (χ1n) is 6.19. The largest absolute Gasteiger partial charge is 0.387 e. The van der Waals surface area contributed by atoms with Gasteiger partial charge in [0.2, 0.25) is 10.0 Å². The lowest BCUT2D eigenvalue weighted by molar-refractivity contribution is 0.512. The maximum atomic E-state index is 12.3. The van der Waals surface area contributed by atoms with Gasteiger partial charge in [0.05, 0.1) is 5.69 Å². The predicted molar refractivity (Wildman–Crippen MR) is 73.1 cm³/mol. The van der Waals surface area contributed by atoms with Gasteiger partial charge in [-0.1, -0.05) is 20.3 Å². The number of sulfonamides is 1. The van der Waals surface area contributed by atoms with Gasteiger partial charge in [0, 0.05) is 25.5 Å². The van der Waals surface area contributed by atoms with E-state index in [9.17, 15) is 8.42 Å². The van der Waals surface area contributed by atoms with Gasteiger partial charge >= 0.3 is 0 Å². The summed E-state index contributed by atoms with van der Waals surface area (Å²) in [7, 11) is -1.82. The van der Waals surface area contributed by atoms with Crippen LogP contribution in [0.1, 0.15) is 33.1 Å². The Morgan fingerprint density at radius 1 is 1.39 bits per heavy atom. The van der Waals surface area contributed by atoms with Crippen molar-refractivity contribution in [3.63, 3.8) is 0 Å². The van der Waals surface area contributed by atoms with E-state index < -0.39 is 10.0 Å². The second-order valence-electron chi connectivity index (χ2n) is 4.14. The van der Waals surface area contributed by atoms with Crippen LogP contribution in [0.25, 0.3) is 0 Å². The molecule has 0 aliphatic carbocycles. The molecule has 0 aromatic carbocycles. The highest BCUT2D eigenvalue weighted by Gasteiger charge is 2.21. The Kier molecular flexibility index (Phi) is 5.55. The molecule has 1 rings (SSSR count). The highest BCUT2D eigenvalue weighted by atomic mass is 32.2. The molecule has 0 spiro atoms. The monoisotopic (exact) mass is 271 g/mol. The SMILES string of the molecule is CCCC(CC)NS(=O)(=O)c1cnccc1NC. The molecule has 2 N–H and O–H groups in total. The topological polar surface area (TPSA) is 71.1 Å². The summed E-state index contributed by atoms with van der Waals surface area (Å²) in [4.78, 5) is 4.08. The van der Waals surface area contributed by atoms with Gasteiger partial charge in [-0.05, 0) is 18.9 Å². The van der Waals surface area contributed by atoms with Gasteiger partial charge in [-0.3, -0.25) is 4.98 Å². The Labute approximate surface area is 109 Å². The van der Waals surface area contributed by atoms with Gasteiger partial charge in [0.1, 0.15) is 4.90 Å². The molecule has 0 saturated carbocycles. The number of nitrogens with zero attached hydrogens (tertiary/aromatic N) is 1. The maximum Gasteiger partial charge on any atom is 0.244 e. The molecular weight excluding hydrogens is 250 g/mol. The normalized spacial score (nSPS) is 13.3. The summed E-state index contributed by atoms with van der Waals surface area (Å²) in [5.41, 5.74) is 0.559. The van der Waals surface area contributed by atoms with E-state index >= 15 is 0 Å². The van der Waals surface area contributed by atoms with E-state index in [0.29, 0.717) is 5.69 Å². The lowest BCUT2D eigenvalue weighted by atomic mass is 10.1. The average Bonchev–Trinajstić information content (AvgIpc) is 2.38. The van der Waals surface area contributed by atoms with Crippen LogP contribution >= 0.6 is 0 Å². The molecule has 1 aromatic rings. The summed E-state index contributed by atoms with van der Waals surface area (Å²) < 4.78 is 27.3. The molecule has 1 heterocycles. The van der Waals surface area contributed by atoms with Crippen molar-refractivity contribution in [3.8, 4) is 0 Å². The molecule has 6 heteroatoms. The first-order valence-corrected chi connectivity index (χ1v) is 7.67. The van der Waals surface area contributed by atoms with Gasteiger partial charge in [-0.15, -0.1) is 0 Å². The molecular formula is C12H21N3O2S. The molecule has 0 radical (unpaired) electrons. The fourth-order valence-electron chi connectivity index (χ4n) is 1.78. The summed E-state index contributed by atoms with van der Waals surface area (Å²) in [5, 5.41) is 2.87. The molecule has 18 heavy (non-hydrogen) atoms. The molecule has 0 fully saturated rings. The Morgan fingerprint density at radius 3 is 2.67 bits per heavy atom. The number of pyridine rings is 1. The van der Waals surface area contributed by atoms with E-state index in [0.717, 1.165) is 19.3 Å². The zero-order valence-corrected chi connectivity index (χ0v) is 11.9. The van der Waals surface area contributed by atoms with E-state index in [2.05, 4.69) is 15.0 Å². The Morgan fingerprint density at radius 2 is 2.11 bits per heavy atom. The molecule has 0 bridgehead atoms. The van der Waals surface area contributed by atoms with Crippen molar-refractivity contribution in [3.05, 3.63) is 18.5 Å². The van der Waals surface area contributed by atoms with Crippen LogP contribution in [0.5, 0.6) is 0 Å². The van der Waals surface area contributed by atoms with E-state index in [1.54, 1.807) is 19.3 Å². The van der Waals surface area contributed by atoms with Gasteiger partial charge in [-0.2, -0.15) is 0 Å². The van der Waals surface area contributed by atoms with E-state index in [1.165, 1.54) is 6.20 Å². The third kappa shape index (κ3) is 3.68. The van der Waals surface area contributed by atoms with Gasteiger partial charge < -0.3 is 5.32 Å². The lowest BCUT2D eigenvalue weighted by Crippen LogP contribution is -2.34. The quantitative estimate of drug-likeness (QED) is 0.795. The Bertz CT molecular complexity index is 474. The summed E-state index contributed by atoms with van der Waals surface area (Å²) in [5.74, 6) is 0. The van der Waals surface area contributed by atoms with Crippen LogP contribution < -0.4 is 10.0 Å². The van der Waals surface area contributed by atoms with Crippen LogP contribution in [-0.4, -0.2) is 26.5 Å². The smallest absolute Gasteiger partial charge is 0.244 e. The molecule has 0 aliphatic heterocycles. The number of hydrogen-bond donors (Lipinski definition) is 2. The van der Waals surface area contributed by atoms with Crippen molar-refractivity contribution < 1.29 is 8.42 Å². The average molecular weight is 271 g/mol. The minimum Gasteiger partial charge on any atom is -0.387 e. The molecule has 1 unspecified atom stereocenters. The number of aromatic nitrogens is 1. The van der Waals surface area contributed by atoms with Crippen LogP contribution in [0.3, 0.4) is 0 Å². The minimum absolute atomic E-state index is 0.0232. The first kappa shape index (κ1) is 14.9. The third-order valence-electron chi connectivity index (χ3n) is 2.80. The molecule has 1 atom stereocenters. The molecule has 0 amide bonds. The predicted octanol–water partition coefficient (Wildman–Crippen LogP) is 1.98. The van der Waals surface area contributed by atoms with E-state index in [-0.39, 0.29) is 10.9 Å².